The lowest BCUT2D eigenvalue weighted by atomic mass is 10.1. The monoisotopic (exact) mass is 156 g/mol. The fourth-order valence-corrected chi connectivity index (χ4v) is 0.427. The molecule has 0 spiro atoms. The van der Waals surface area contributed by atoms with Crippen LogP contribution in [-0.4, -0.2) is 23.6 Å². The van der Waals surface area contributed by atoms with Crippen LogP contribution in [0.25, 0.3) is 5.53 Å². The lowest BCUT2D eigenvalue weighted by Crippen LogP contribution is -2.12. The van der Waals surface area contributed by atoms with Crippen LogP contribution in [0, 0.1) is 5.92 Å². The maximum absolute atomic E-state index is 10.5. The third-order valence-electron chi connectivity index (χ3n) is 1.37. The Morgan fingerprint density at radius 2 is 2.45 bits per heavy atom. The molecule has 0 aromatic rings. The van der Waals surface area contributed by atoms with Crippen molar-refractivity contribution in [2.24, 2.45) is 5.92 Å². The van der Waals surface area contributed by atoms with E-state index in [1.807, 2.05) is 13.8 Å². The first-order valence-corrected chi connectivity index (χ1v) is 3.54. The minimum absolute atomic E-state index is 0.353. The van der Waals surface area contributed by atoms with Crippen molar-refractivity contribution in [2.75, 3.05) is 6.61 Å². The van der Waals surface area contributed by atoms with E-state index in [9.17, 15) is 4.79 Å². The van der Waals surface area contributed by atoms with Crippen LogP contribution in [0.15, 0.2) is 0 Å². The quantitative estimate of drug-likeness (QED) is 0.262. The van der Waals surface area contributed by atoms with Crippen molar-refractivity contribution in [1.29, 1.82) is 0 Å². The van der Waals surface area contributed by atoms with Crippen LogP contribution < -0.4 is 0 Å². The zero-order valence-corrected chi connectivity index (χ0v) is 6.78. The molecule has 4 nitrogen and oxygen atoms in total. The van der Waals surface area contributed by atoms with Gasteiger partial charge in [-0.25, -0.2) is 4.79 Å². The summed E-state index contributed by atoms with van der Waals surface area (Å²) in [4.78, 5) is 13.1. The zero-order valence-electron chi connectivity index (χ0n) is 6.78. The van der Waals surface area contributed by atoms with Crippen molar-refractivity contribution in [3.63, 3.8) is 0 Å². The molecule has 0 heterocycles. The molecule has 0 aliphatic carbocycles. The van der Waals surface area contributed by atoms with Crippen LogP contribution in [0.5, 0.6) is 0 Å². The molecule has 0 amide bonds. The Morgan fingerprint density at radius 1 is 1.82 bits per heavy atom. The third kappa shape index (κ3) is 5.30. The van der Waals surface area contributed by atoms with Crippen molar-refractivity contribution in [3.8, 4) is 0 Å². The van der Waals surface area contributed by atoms with Gasteiger partial charge in [0.25, 0.3) is 0 Å². The fourth-order valence-electron chi connectivity index (χ4n) is 0.427. The van der Waals surface area contributed by atoms with Gasteiger partial charge in [-0.2, -0.15) is 4.79 Å². The van der Waals surface area contributed by atoms with Gasteiger partial charge >= 0.3 is 12.2 Å². The minimum atomic E-state index is -0.604. The van der Waals surface area contributed by atoms with Crippen molar-refractivity contribution < 1.29 is 14.3 Å². The summed E-state index contributed by atoms with van der Waals surface area (Å²) in [7, 11) is 0. The predicted molar refractivity (Wildman–Crippen MR) is 40.1 cm³/mol. The molecule has 4 heteroatoms. The summed E-state index contributed by atoms with van der Waals surface area (Å²) in [5.74, 6) is -0.251. The summed E-state index contributed by atoms with van der Waals surface area (Å²) in [6, 6.07) is 0. The molecule has 0 bridgehead atoms. The molecule has 0 N–H and O–H groups in total. The average Bonchev–Trinajstić information content (AvgIpc) is 2.01. The second kappa shape index (κ2) is 5.62. The Balaban J connectivity index is 3.53. The van der Waals surface area contributed by atoms with Gasteiger partial charge in [-0.3, -0.25) is 0 Å². The summed E-state index contributed by atoms with van der Waals surface area (Å²) in [5.41, 5.74) is 7.93. The van der Waals surface area contributed by atoms with Crippen molar-refractivity contribution in [3.05, 3.63) is 5.53 Å². The largest absolute Gasteiger partial charge is 0.457 e. The molecule has 1 atom stereocenters. The highest BCUT2D eigenvalue weighted by Crippen LogP contribution is 1.99. The third-order valence-corrected chi connectivity index (χ3v) is 1.37. The van der Waals surface area contributed by atoms with Gasteiger partial charge in [-0.05, 0) is 5.92 Å². The average molecular weight is 156 g/mol. The summed E-state index contributed by atoms with van der Waals surface area (Å²) < 4.78 is 4.69. The van der Waals surface area contributed by atoms with Crippen LogP contribution in [0.2, 0.25) is 0 Å². The normalized spacial score (nSPS) is 11.5. The minimum Gasteiger partial charge on any atom is -0.457 e. The smallest absolute Gasteiger partial charge is 0.413 e. The van der Waals surface area contributed by atoms with Gasteiger partial charge in [-0.15, -0.1) is 0 Å². The number of hydrogen-bond donors (Lipinski definition) is 0. The molecule has 0 aliphatic rings. The SMILES string of the molecule is CCC(C)COC(=O)C=[N+]=[N-]. The van der Waals surface area contributed by atoms with Gasteiger partial charge in [0.1, 0.15) is 0 Å². The van der Waals surface area contributed by atoms with E-state index >= 15 is 0 Å². The van der Waals surface area contributed by atoms with E-state index < -0.39 is 5.97 Å². The number of carbonyl (C=O) groups is 1. The topological polar surface area (TPSA) is 62.7 Å². The molecule has 0 saturated heterocycles. The Bertz CT molecular complexity index is 173. The van der Waals surface area contributed by atoms with Gasteiger partial charge in [0.15, 0.2) is 0 Å². The first-order valence-electron chi connectivity index (χ1n) is 3.54. The van der Waals surface area contributed by atoms with Crippen molar-refractivity contribution >= 4 is 12.2 Å². The van der Waals surface area contributed by atoms with E-state index in [0.717, 1.165) is 12.6 Å². The molecule has 0 rings (SSSR count). The van der Waals surface area contributed by atoms with E-state index in [-0.39, 0.29) is 0 Å². The van der Waals surface area contributed by atoms with E-state index in [4.69, 9.17) is 5.53 Å². The number of rotatable bonds is 4. The van der Waals surface area contributed by atoms with Crippen molar-refractivity contribution in [1.82, 2.24) is 0 Å². The second-order valence-electron chi connectivity index (χ2n) is 2.39. The Morgan fingerprint density at radius 3 is 2.91 bits per heavy atom. The van der Waals surface area contributed by atoms with Gasteiger partial charge in [0, 0.05) is 0 Å². The van der Waals surface area contributed by atoms with Gasteiger partial charge < -0.3 is 10.3 Å². The lowest BCUT2D eigenvalue weighted by Gasteiger charge is -2.05. The standard InChI is InChI=1S/C7H12N2O2/c1-3-6(2)5-11-7(10)4-9-8/h4,6H,3,5H2,1-2H3. The van der Waals surface area contributed by atoms with Gasteiger partial charge in [-0.1, -0.05) is 20.3 Å². The molecule has 0 aromatic heterocycles. The summed E-state index contributed by atoms with van der Waals surface area (Å²) in [6.45, 7) is 4.36. The maximum Gasteiger partial charge on any atom is 0.413 e. The summed E-state index contributed by atoms with van der Waals surface area (Å²) in [6.07, 6.45) is 1.70. The van der Waals surface area contributed by atoms with E-state index in [0.29, 0.717) is 12.5 Å². The van der Waals surface area contributed by atoms with Crippen LogP contribution in [0.3, 0.4) is 0 Å². The van der Waals surface area contributed by atoms with Gasteiger partial charge in [0.2, 0.25) is 0 Å². The highest BCUT2D eigenvalue weighted by molar-refractivity contribution is 6.20. The Hall–Kier alpha value is -1.15. The highest BCUT2D eigenvalue weighted by atomic mass is 16.5. The summed E-state index contributed by atoms with van der Waals surface area (Å²) >= 11 is 0. The van der Waals surface area contributed by atoms with Crippen molar-refractivity contribution in [2.45, 2.75) is 20.3 Å². The number of ether oxygens (including phenoxy) is 1. The van der Waals surface area contributed by atoms with E-state index in [1.54, 1.807) is 0 Å². The van der Waals surface area contributed by atoms with E-state index in [2.05, 4.69) is 9.53 Å². The Kier molecular flexibility index (Phi) is 5.03. The number of hydrogen-bond acceptors (Lipinski definition) is 2. The maximum atomic E-state index is 10.5. The molecular weight excluding hydrogens is 144 g/mol. The van der Waals surface area contributed by atoms with Crippen LogP contribution >= 0.6 is 0 Å². The molecule has 0 aromatic carbocycles. The number of carbonyl (C=O) groups excluding carboxylic acids is 1. The molecule has 1 unspecified atom stereocenters. The molecule has 0 radical (unpaired) electrons. The molecule has 62 valence electrons. The van der Waals surface area contributed by atoms with Gasteiger partial charge in [0.05, 0.1) is 6.61 Å². The molecule has 0 aliphatic heterocycles. The van der Waals surface area contributed by atoms with Crippen LogP contribution in [-0.2, 0) is 9.53 Å². The zero-order chi connectivity index (χ0) is 8.69. The molecular formula is C7H12N2O2. The molecule has 0 saturated carbocycles. The van der Waals surface area contributed by atoms with Crippen LogP contribution in [0.1, 0.15) is 20.3 Å². The fraction of sp³-hybridized carbons (Fsp3) is 0.714. The lowest BCUT2D eigenvalue weighted by molar-refractivity contribution is -0.140. The number of esters is 1. The molecule has 0 fully saturated rings. The second-order valence-corrected chi connectivity index (χ2v) is 2.39. The molecule has 11 heavy (non-hydrogen) atoms. The highest BCUT2D eigenvalue weighted by Gasteiger charge is 2.05. The first kappa shape index (κ1) is 9.85. The van der Waals surface area contributed by atoms with Crippen LogP contribution in [0.4, 0.5) is 0 Å². The van der Waals surface area contributed by atoms with E-state index in [1.165, 1.54) is 0 Å². The number of nitrogens with zero attached hydrogens (tertiary/aromatic N) is 2. The summed E-state index contributed by atoms with van der Waals surface area (Å²) in [5, 5.41) is 0. The Labute approximate surface area is 65.8 Å². The first-order chi connectivity index (χ1) is 5.20. The predicted octanol–water partition coefficient (Wildman–Crippen LogP) is 0.876.